The Balaban J connectivity index is 1.61. The predicted molar refractivity (Wildman–Crippen MR) is 90.4 cm³/mol. The van der Waals surface area contributed by atoms with Crippen LogP contribution in [0.25, 0.3) is 0 Å². The van der Waals surface area contributed by atoms with E-state index in [2.05, 4.69) is 46.8 Å². The number of nitrogens with one attached hydrogen (secondary N) is 2. The van der Waals surface area contributed by atoms with Crippen LogP contribution in [0.2, 0.25) is 0 Å². The van der Waals surface area contributed by atoms with Crippen molar-refractivity contribution in [1.82, 2.24) is 5.32 Å². The number of aryl methyl sites for hydroxylation is 1. The van der Waals surface area contributed by atoms with Crippen molar-refractivity contribution in [2.24, 2.45) is 0 Å². The molecule has 0 saturated heterocycles. The number of urea groups is 1. The molecular weight excluding hydrogens is 274 g/mol. The fourth-order valence-electron chi connectivity index (χ4n) is 2.94. The van der Waals surface area contributed by atoms with E-state index in [9.17, 15) is 4.79 Å². The first-order chi connectivity index (χ1) is 10.7. The van der Waals surface area contributed by atoms with Crippen LogP contribution in [0.4, 0.5) is 16.2 Å². The predicted octanol–water partition coefficient (Wildman–Crippen LogP) is 3.26. The molecule has 0 radical (unpaired) electrons. The Morgan fingerprint density at radius 1 is 1.09 bits per heavy atom. The minimum Gasteiger partial charge on any atom is -0.372 e. The summed E-state index contributed by atoms with van der Waals surface area (Å²) in [5.41, 5.74) is 3.42. The highest BCUT2D eigenvalue weighted by Gasteiger charge is 2.20. The van der Waals surface area contributed by atoms with Crippen LogP contribution in [0.3, 0.4) is 0 Å². The van der Waals surface area contributed by atoms with Gasteiger partial charge in [-0.3, -0.25) is 0 Å². The lowest BCUT2D eigenvalue weighted by Gasteiger charge is -2.24. The molecule has 2 aromatic carbocycles. The highest BCUT2D eigenvalue weighted by Crippen LogP contribution is 2.24. The van der Waals surface area contributed by atoms with Crippen molar-refractivity contribution >= 4 is 17.4 Å². The van der Waals surface area contributed by atoms with E-state index in [4.69, 9.17) is 0 Å². The monoisotopic (exact) mass is 295 g/mol. The van der Waals surface area contributed by atoms with Crippen LogP contribution in [0, 0.1) is 0 Å². The third-order valence-corrected chi connectivity index (χ3v) is 4.03. The second-order valence-corrected chi connectivity index (χ2v) is 5.71. The van der Waals surface area contributed by atoms with Crippen molar-refractivity contribution in [2.45, 2.75) is 18.9 Å². The Labute approximate surface area is 131 Å². The Morgan fingerprint density at radius 3 is 2.64 bits per heavy atom. The summed E-state index contributed by atoms with van der Waals surface area (Å²) in [5.74, 6) is 0. The fraction of sp³-hybridized carbons (Fsp3) is 0.278. The molecule has 3 rings (SSSR count). The normalized spacial score (nSPS) is 17.3. The van der Waals surface area contributed by atoms with E-state index in [0.29, 0.717) is 0 Å². The summed E-state index contributed by atoms with van der Waals surface area (Å²) >= 11 is 0. The van der Waals surface area contributed by atoms with Gasteiger partial charge in [0.05, 0.1) is 0 Å². The Hall–Kier alpha value is -2.49. The van der Waals surface area contributed by atoms with Gasteiger partial charge in [-0.05, 0) is 36.6 Å². The van der Waals surface area contributed by atoms with Crippen LogP contribution in [0.5, 0.6) is 0 Å². The van der Waals surface area contributed by atoms with Crippen LogP contribution < -0.4 is 15.5 Å². The molecule has 1 unspecified atom stereocenters. The quantitative estimate of drug-likeness (QED) is 0.893. The molecule has 0 fully saturated rings. The fourth-order valence-corrected chi connectivity index (χ4v) is 2.94. The maximum atomic E-state index is 12.1. The van der Waals surface area contributed by atoms with Crippen molar-refractivity contribution in [3.8, 4) is 0 Å². The number of fused-ring (bicyclic) bond motifs is 1. The third-order valence-electron chi connectivity index (χ3n) is 4.03. The summed E-state index contributed by atoms with van der Waals surface area (Å²) in [4.78, 5) is 14.3. The number of nitrogens with zero attached hydrogens (tertiary/aromatic N) is 1. The first kappa shape index (κ1) is 14.4. The molecule has 22 heavy (non-hydrogen) atoms. The van der Waals surface area contributed by atoms with Gasteiger partial charge in [-0.1, -0.05) is 36.4 Å². The number of likely N-dealkylation sites (N-methyl/N-ethyl adjacent to an activating group) is 1. The number of para-hydroxylation sites is 2. The van der Waals surface area contributed by atoms with Gasteiger partial charge in [0.25, 0.3) is 0 Å². The molecule has 2 N–H and O–H groups in total. The van der Waals surface area contributed by atoms with Crippen LogP contribution in [0.15, 0.2) is 54.6 Å². The summed E-state index contributed by atoms with van der Waals surface area (Å²) in [6, 6.07) is 18.0. The molecule has 0 bridgehead atoms. The van der Waals surface area contributed by atoms with Gasteiger partial charge in [-0.2, -0.15) is 0 Å². The van der Waals surface area contributed by atoms with Gasteiger partial charge in [0, 0.05) is 31.0 Å². The van der Waals surface area contributed by atoms with Crippen LogP contribution in [-0.2, 0) is 6.42 Å². The molecule has 0 aliphatic carbocycles. The van der Waals surface area contributed by atoms with Crippen LogP contribution in [-0.4, -0.2) is 25.7 Å². The van der Waals surface area contributed by atoms with Gasteiger partial charge >= 0.3 is 6.03 Å². The second-order valence-electron chi connectivity index (χ2n) is 5.71. The average molecular weight is 295 g/mol. The number of carbonyl (C=O) groups excluding carboxylic acids is 1. The molecule has 0 saturated carbocycles. The zero-order chi connectivity index (χ0) is 15.4. The largest absolute Gasteiger partial charge is 0.372 e. The van der Waals surface area contributed by atoms with E-state index < -0.39 is 0 Å². The van der Waals surface area contributed by atoms with Crippen molar-refractivity contribution in [2.75, 3.05) is 23.8 Å². The number of rotatable bonds is 2. The molecule has 2 aromatic rings. The smallest absolute Gasteiger partial charge is 0.319 e. The third kappa shape index (κ3) is 3.39. The first-order valence-corrected chi connectivity index (χ1v) is 7.64. The lowest BCUT2D eigenvalue weighted by atomic mass is 10.1. The lowest BCUT2D eigenvalue weighted by molar-refractivity contribution is 0.248. The standard InChI is InChI=1S/C18H21N3O/c1-21-13-16(12-11-14-7-5-6-10-17(14)21)20-18(22)19-15-8-3-2-4-9-15/h2-10,16H,11-13H2,1H3,(H2,19,20,22). The van der Waals surface area contributed by atoms with E-state index in [1.54, 1.807) is 0 Å². The number of amides is 2. The van der Waals surface area contributed by atoms with E-state index in [-0.39, 0.29) is 12.1 Å². The second kappa shape index (κ2) is 6.52. The van der Waals surface area contributed by atoms with Crippen LogP contribution >= 0.6 is 0 Å². The Kier molecular flexibility index (Phi) is 4.28. The van der Waals surface area contributed by atoms with Crippen LogP contribution in [0.1, 0.15) is 12.0 Å². The van der Waals surface area contributed by atoms with Crippen molar-refractivity contribution < 1.29 is 4.79 Å². The highest BCUT2D eigenvalue weighted by atomic mass is 16.2. The average Bonchev–Trinajstić information content (AvgIpc) is 2.68. The summed E-state index contributed by atoms with van der Waals surface area (Å²) < 4.78 is 0. The Morgan fingerprint density at radius 2 is 1.82 bits per heavy atom. The summed E-state index contributed by atoms with van der Waals surface area (Å²) in [5, 5.41) is 5.96. The summed E-state index contributed by atoms with van der Waals surface area (Å²) in [6.45, 7) is 0.819. The molecule has 1 aliphatic rings. The number of benzene rings is 2. The lowest BCUT2D eigenvalue weighted by Crippen LogP contribution is -2.43. The number of hydrogen-bond donors (Lipinski definition) is 2. The van der Waals surface area contributed by atoms with Gasteiger partial charge in [-0.25, -0.2) is 4.79 Å². The van der Waals surface area contributed by atoms with Gasteiger partial charge in [0.1, 0.15) is 0 Å². The summed E-state index contributed by atoms with van der Waals surface area (Å²) in [6.07, 6.45) is 1.93. The molecule has 114 valence electrons. The van der Waals surface area contributed by atoms with E-state index in [0.717, 1.165) is 25.1 Å². The molecular formula is C18H21N3O. The summed E-state index contributed by atoms with van der Waals surface area (Å²) in [7, 11) is 2.08. The molecule has 2 amide bonds. The Bertz CT molecular complexity index is 642. The molecule has 4 nitrogen and oxygen atoms in total. The van der Waals surface area contributed by atoms with Crippen molar-refractivity contribution in [3.05, 3.63) is 60.2 Å². The zero-order valence-corrected chi connectivity index (χ0v) is 12.8. The highest BCUT2D eigenvalue weighted by molar-refractivity contribution is 5.89. The van der Waals surface area contributed by atoms with Gasteiger partial charge < -0.3 is 15.5 Å². The zero-order valence-electron chi connectivity index (χ0n) is 12.8. The molecule has 1 aliphatic heterocycles. The minimum absolute atomic E-state index is 0.140. The molecule has 1 atom stereocenters. The number of anilines is 2. The van der Waals surface area contributed by atoms with Crippen molar-refractivity contribution in [1.29, 1.82) is 0 Å². The SMILES string of the molecule is CN1CC(NC(=O)Nc2ccccc2)CCc2ccccc21. The maximum absolute atomic E-state index is 12.1. The van der Waals surface area contributed by atoms with Crippen molar-refractivity contribution in [3.63, 3.8) is 0 Å². The number of carbonyl (C=O) groups is 1. The molecule has 4 heteroatoms. The van der Waals surface area contributed by atoms with E-state index in [1.165, 1.54) is 11.3 Å². The molecule has 0 spiro atoms. The molecule has 1 heterocycles. The number of hydrogen-bond acceptors (Lipinski definition) is 2. The maximum Gasteiger partial charge on any atom is 0.319 e. The van der Waals surface area contributed by atoms with E-state index in [1.807, 2.05) is 30.3 Å². The van der Waals surface area contributed by atoms with E-state index >= 15 is 0 Å². The first-order valence-electron chi connectivity index (χ1n) is 7.64. The molecule has 0 aromatic heterocycles. The van der Waals surface area contributed by atoms with Gasteiger partial charge in [0.2, 0.25) is 0 Å². The minimum atomic E-state index is -0.143. The topological polar surface area (TPSA) is 44.4 Å². The van der Waals surface area contributed by atoms with Gasteiger partial charge in [0.15, 0.2) is 0 Å². The van der Waals surface area contributed by atoms with Gasteiger partial charge in [-0.15, -0.1) is 0 Å².